The molecule has 1 rings (SSSR count). The van der Waals surface area contributed by atoms with E-state index in [0.717, 1.165) is 19.4 Å². The van der Waals surface area contributed by atoms with Crippen LogP contribution >= 0.6 is 0 Å². The Morgan fingerprint density at radius 2 is 2.50 bits per heavy atom. The van der Waals surface area contributed by atoms with Crippen LogP contribution < -0.4 is 5.32 Å². The van der Waals surface area contributed by atoms with Crippen molar-refractivity contribution in [3.63, 3.8) is 0 Å². The Morgan fingerprint density at radius 1 is 1.80 bits per heavy atom. The van der Waals surface area contributed by atoms with Gasteiger partial charge in [-0.15, -0.1) is 0 Å². The molecule has 0 radical (unpaired) electrons. The molecule has 1 saturated heterocycles. The van der Waals surface area contributed by atoms with Crippen molar-refractivity contribution in [2.75, 3.05) is 13.2 Å². The Bertz CT molecular complexity index is 122. The molecule has 58 valence electrons. The van der Waals surface area contributed by atoms with Crippen LogP contribution in [-0.4, -0.2) is 30.5 Å². The van der Waals surface area contributed by atoms with Crippen LogP contribution in [-0.2, 0) is 4.74 Å². The fraction of sp³-hybridized carbons (Fsp3) is 0.833. The predicted octanol–water partition coefficient (Wildman–Crippen LogP) is 0.433. The zero-order valence-corrected chi connectivity index (χ0v) is 5.67. The van der Waals surface area contributed by atoms with Crippen molar-refractivity contribution in [1.82, 2.24) is 5.32 Å². The lowest BCUT2D eigenvalue weighted by Crippen LogP contribution is -2.21. The molecule has 0 aromatic heterocycles. The van der Waals surface area contributed by atoms with E-state index in [9.17, 15) is 4.79 Å². The highest BCUT2D eigenvalue weighted by Crippen LogP contribution is 2.14. The largest absolute Gasteiger partial charge is 0.465 e. The second-order valence-corrected chi connectivity index (χ2v) is 2.33. The fourth-order valence-electron chi connectivity index (χ4n) is 0.760. The van der Waals surface area contributed by atoms with Gasteiger partial charge >= 0.3 is 6.09 Å². The number of carboxylic acid groups (broad SMARTS) is 1. The normalized spacial score (nSPS) is 22.2. The van der Waals surface area contributed by atoms with E-state index in [0.29, 0.717) is 12.6 Å². The summed E-state index contributed by atoms with van der Waals surface area (Å²) >= 11 is 0. The van der Waals surface area contributed by atoms with Crippen molar-refractivity contribution in [2.45, 2.75) is 18.9 Å². The van der Waals surface area contributed by atoms with Gasteiger partial charge in [0.15, 0.2) is 0 Å². The molecule has 0 bridgehead atoms. The average molecular weight is 145 g/mol. The van der Waals surface area contributed by atoms with Crippen molar-refractivity contribution in [3.8, 4) is 0 Å². The fourth-order valence-corrected chi connectivity index (χ4v) is 0.760. The van der Waals surface area contributed by atoms with Crippen LogP contribution in [0.2, 0.25) is 0 Å². The average Bonchev–Trinajstić information content (AvgIpc) is 2.62. The van der Waals surface area contributed by atoms with Crippen molar-refractivity contribution >= 4 is 6.09 Å². The molecule has 1 amide bonds. The standard InChI is InChI=1S/C6H11NO3/c8-6(9)7-3-1-2-5-4-10-5/h5,7H,1-4H2,(H,8,9)/t5-/m1/s1. The molecule has 0 saturated carbocycles. The molecule has 1 fully saturated rings. The van der Waals surface area contributed by atoms with Crippen LogP contribution in [0.1, 0.15) is 12.8 Å². The molecule has 10 heavy (non-hydrogen) atoms. The van der Waals surface area contributed by atoms with E-state index in [1.807, 2.05) is 0 Å². The molecule has 0 aromatic rings. The number of ether oxygens (including phenoxy) is 1. The van der Waals surface area contributed by atoms with Gasteiger partial charge in [0.05, 0.1) is 12.7 Å². The highest BCUT2D eigenvalue weighted by atomic mass is 16.6. The number of hydrogen-bond acceptors (Lipinski definition) is 2. The van der Waals surface area contributed by atoms with Gasteiger partial charge in [0.2, 0.25) is 0 Å². The second kappa shape index (κ2) is 3.41. The predicted molar refractivity (Wildman–Crippen MR) is 35.0 cm³/mol. The van der Waals surface area contributed by atoms with Gasteiger partial charge in [-0.2, -0.15) is 0 Å². The third kappa shape index (κ3) is 3.29. The Hall–Kier alpha value is -0.770. The summed E-state index contributed by atoms with van der Waals surface area (Å²) in [5, 5.41) is 10.4. The zero-order chi connectivity index (χ0) is 7.40. The number of epoxide rings is 1. The third-order valence-electron chi connectivity index (χ3n) is 1.38. The van der Waals surface area contributed by atoms with Crippen LogP contribution in [0.5, 0.6) is 0 Å². The Morgan fingerprint density at radius 3 is 3.00 bits per heavy atom. The summed E-state index contributed by atoms with van der Waals surface area (Å²) in [5.74, 6) is 0. The van der Waals surface area contributed by atoms with Gasteiger partial charge in [-0.1, -0.05) is 0 Å². The maximum atomic E-state index is 9.92. The van der Waals surface area contributed by atoms with Crippen LogP contribution in [0.3, 0.4) is 0 Å². The Kier molecular flexibility index (Phi) is 2.50. The Labute approximate surface area is 59.2 Å². The monoisotopic (exact) mass is 145 g/mol. The lowest BCUT2D eigenvalue weighted by atomic mass is 10.2. The van der Waals surface area contributed by atoms with Gasteiger partial charge in [0.25, 0.3) is 0 Å². The lowest BCUT2D eigenvalue weighted by Gasteiger charge is -1.96. The number of hydrogen-bond donors (Lipinski definition) is 2. The maximum Gasteiger partial charge on any atom is 0.404 e. The van der Waals surface area contributed by atoms with Gasteiger partial charge in [0.1, 0.15) is 0 Å². The summed E-state index contributed by atoms with van der Waals surface area (Å²) in [7, 11) is 0. The molecule has 0 aliphatic carbocycles. The van der Waals surface area contributed by atoms with E-state index < -0.39 is 6.09 Å². The number of nitrogens with one attached hydrogen (secondary N) is 1. The highest BCUT2D eigenvalue weighted by Gasteiger charge is 2.20. The minimum Gasteiger partial charge on any atom is -0.465 e. The molecule has 4 heteroatoms. The van der Waals surface area contributed by atoms with E-state index in [4.69, 9.17) is 9.84 Å². The first-order chi connectivity index (χ1) is 4.79. The quantitative estimate of drug-likeness (QED) is 0.445. The van der Waals surface area contributed by atoms with E-state index in [2.05, 4.69) is 5.32 Å². The molecule has 2 N–H and O–H groups in total. The Balaban J connectivity index is 1.80. The summed E-state index contributed by atoms with van der Waals surface area (Å²) in [6.45, 7) is 1.39. The maximum absolute atomic E-state index is 9.92. The molecule has 1 heterocycles. The van der Waals surface area contributed by atoms with Gasteiger partial charge in [0, 0.05) is 6.54 Å². The SMILES string of the molecule is O=C(O)NCCC[C@@H]1CO1. The van der Waals surface area contributed by atoms with Gasteiger partial charge in [-0.05, 0) is 12.8 Å². The molecule has 0 unspecified atom stereocenters. The van der Waals surface area contributed by atoms with E-state index >= 15 is 0 Å². The smallest absolute Gasteiger partial charge is 0.404 e. The summed E-state index contributed by atoms with van der Waals surface area (Å²) in [5.41, 5.74) is 0. The summed E-state index contributed by atoms with van der Waals surface area (Å²) in [6.07, 6.45) is 1.31. The van der Waals surface area contributed by atoms with Crippen LogP contribution in [0.25, 0.3) is 0 Å². The number of carbonyl (C=O) groups is 1. The topological polar surface area (TPSA) is 61.9 Å². The van der Waals surface area contributed by atoms with Crippen LogP contribution in [0.4, 0.5) is 4.79 Å². The van der Waals surface area contributed by atoms with Gasteiger partial charge < -0.3 is 15.2 Å². The molecule has 1 aliphatic heterocycles. The molecular formula is C6H11NO3. The van der Waals surface area contributed by atoms with Gasteiger partial charge in [-0.25, -0.2) is 4.79 Å². The first kappa shape index (κ1) is 7.34. The molecule has 4 nitrogen and oxygen atoms in total. The minimum absolute atomic E-state index is 0.413. The van der Waals surface area contributed by atoms with Gasteiger partial charge in [-0.3, -0.25) is 0 Å². The van der Waals surface area contributed by atoms with Crippen molar-refractivity contribution < 1.29 is 14.6 Å². The highest BCUT2D eigenvalue weighted by molar-refractivity contribution is 5.64. The third-order valence-corrected chi connectivity index (χ3v) is 1.38. The number of amides is 1. The van der Waals surface area contributed by atoms with Crippen LogP contribution in [0.15, 0.2) is 0 Å². The zero-order valence-electron chi connectivity index (χ0n) is 5.67. The first-order valence-corrected chi connectivity index (χ1v) is 3.37. The minimum atomic E-state index is -0.947. The van der Waals surface area contributed by atoms with Crippen molar-refractivity contribution in [2.24, 2.45) is 0 Å². The van der Waals surface area contributed by atoms with E-state index in [1.165, 1.54) is 0 Å². The molecule has 1 atom stereocenters. The second-order valence-electron chi connectivity index (χ2n) is 2.33. The summed E-state index contributed by atoms with van der Waals surface area (Å²) in [6, 6.07) is 0. The lowest BCUT2D eigenvalue weighted by molar-refractivity contribution is 0.194. The van der Waals surface area contributed by atoms with Crippen LogP contribution in [0, 0.1) is 0 Å². The summed E-state index contributed by atoms with van der Waals surface area (Å²) < 4.78 is 4.94. The van der Waals surface area contributed by atoms with Crippen molar-refractivity contribution in [3.05, 3.63) is 0 Å². The first-order valence-electron chi connectivity index (χ1n) is 3.37. The molecule has 0 spiro atoms. The van der Waals surface area contributed by atoms with E-state index in [1.54, 1.807) is 0 Å². The van der Waals surface area contributed by atoms with Crippen molar-refractivity contribution in [1.29, 1.82) is 0 Å². The molecular weight excluding hydrogens is 134 g/mol. The molecule has 0 aromatic carbocycles. The number of rotatable bonds is 4. The van der Waals surface area contributed by atoms with E-state index in [-0.39, 0.29) is 0 Å². The molecule has 1 aliphatic rings. The summed E-state index contributed by atoms with van der Waals surface area (Å²) in [4.78, 5) is 9.92.